The minimum absolute atomic E-state index is 0.251. The molecule has 3 heteroatoms. The smallest absolute Gasteiger partial charge is 0.122 e. The van der Waals surface area contributed by atoms with Crippen LogP contribution in [0.25, 0.3) is 0 Å². The van der Waals surface area contributed by atoms with Crippen molar-refractivity contribution >= 4 is 0 Å². The maximum absolute atomic E-state index is 5.49. The highest BCUT2D eigenvalue weighted by Gasteiger charge is 2.14. The summed E-state index contributed by atoms with van der Waals surface area (Å²) in [6.45, 7) is 6.19. The van der Waals surface area contributed by atoms with Crippen molar-refractivity contribution in [3.8, 4) is 5.75 Å². The Bertz CT molecular complexity index is 602. The number of hydrogen-bond acceptors (Lipinski definition) is 3. The molecule has 2 rings (SSSR count). The lowest BCUT2D eigenvalue weighted by Crippen LogP contribution is -2.19. The lowest BCUT2D eigenvalue weighted by atomic mass is 9.97. The van der Waals surface area contributed by atoms with Gasteiger partial charge in [0, 0.05) is 17.4 Å². The SMILES string of the molecule is CNC(Cc1cc(C)ccc1OC)c1cc(C)nc(C)c1. The Kier molecular flexibility index (Phi) is 4.97. The average Bonchev–Trinajstić information content (AvgIpc) is 2.43. The van der Waals surface area contributed by atoms with E-state index in [0.717, 1.165) is 23.6 Å². The summed E-state index contributed by atoms with van der Waals surface area (Å²) in [5, 5.41) is 3.41. The van der Waals surface area contributed by atoms with Crippen molar-refractivity contribution in [1.82, 2.24) is 10.3 Å². The third-order valence-corrected chi connectivity index (χ3v) is 3.71. The van der Waals surface area contributed by atoms with Gasteiger partial charge in [-0.3, -0.25) is 4.98 Å². The second kappa shape index (κ2) is 6.72. The summed E-state index contributed by atoms with van der Waals surface area (Å²) in [6, 6.07) is 10.9. The maximum Gasteiger partial charge on any atom is 0.122 e. The highest BCUT2D eigenvalue weighted by Crippen LogP contribution is 2.26. The molecule has 1 heterocycles. The summed E-state index contributed by atoms with van der Waals surface area (Å²) in [5.74, 6) is 0.948. The second-order valence-electron chi connectivity index (χ2n) is 5.54. The van der Waals surface area contributed by atoms with Crippen LogP contribution in [0.2, 0.25) is 0 Å². The molecule has 0 amide bonds. The number of pyridine rings is 1. The van der Waals surface area contributed by atoms with Crippen molar-refractivity contribution < 1.29 is 4.74 Å². The highest BCUT2D eigenvalue weighted by atomic mass is 16.5. The quantitative estimate of drug-likeness (QED) is 0.912. The van der Waals surface area contributed by atoms with Gasteiger partial charge in [0.15, 0.2) is 0 Å². The monoisotopic (exact) mass is 284 g/mol. The Balaban J connectivity index is 2.32. The van der Waals surface area contributed by atoms with E-state index in [1.165, 1.54) is 16.7 Å². The fraction of sp³-hybridized carbons (Fsp3) is 0.389. The molecule has 0 radical (unpaired) electrons. The normalized spacial score (nSPS) is 12.2. The molecule has 1 atom stereocenters. The zero-order valence-corrected chi connectivity index (χ0v) is 13.5. The van der Waals surface area contributed by atoms with Crippen LogP contribution in [-0.4, -0.2) is 19.1 Å². The number of aryl methyl sites for hydroxylation is 3. The number of rotatable bonds is 5. The van der Waals surface area contributed by atoms with Crippen LogP contribution in [-0.2, 0) is 6.42 Å². The van der Waals surface area contributed by atoms with E-state index in [1.54, 1.807) is 7.11 Å². The lowest BCUT2D eigenvalue weighted by molar-refractivity contribution is 0.406. The van der Waals surface area contributed by atoms with E-state index in [9.17, 15) is 0 Å². The molecule has 0 spiro atoms. The van der Waals surface area contributed by atoms with Gasteiger partial charge in [-0.05, 0) is 63.6 Å². The van der Waals surface area contributed by atoms with E-state index in [4.69, 9.17) is 4.74 Å². The summed E-state index contributed by atoms with van der Waals surface area (Å²) >= 11 is 0. The molecule has 3 nitrogen and oxygen atoms in total. The van der Waals surface area contributed by atoms with E-state index < -0.39 is 0 Å². The second-order valence-corrected chi connectivity index (χ2v) is 5.54. The fourth-order valence-electron chi connectivity index (χ4n) is 2.74. The third kappa shape index (κ3) is 3.82. The molecule has 2 aromatic rings. The summed E-state index contributed by atoms with van der Waals surface area (Å²) in [5.41, 5.74) is 5.86. The zero-order chi connectivity index (χ0) is 15.4. The molecule has 112 valence electrons. The first kappa shape index (κ1) is 15.5. The molecule has 1 N–H and O–H groups in total. The molecule has 1 aromatic carbocycles. The summed E-state index contributed by atoms with van der Waals surface area (Å²) in [7, 11) is 3.72. The molecule has 0 saturated carbocycles. The van der Waals surface area contributed by atoms with Gasteiger partial charge in [-0.2, -0.15) is 0 Å². The first-order valence-corrected chi connectivity index (χ1v) is 7.29. The van der Waals surface area contributed by atoms with Crippen molar-refractivity contribution in [1.29, 1.82) is 0 Å². The number of nitrogens with zero attached hydrogens (tertiary/aromatic N) is 1. The average molecular weight is 284 g/mol. The number of nitrogens with one attached hydrogen (secondary N) is 1. The van der Waals surface area contributed by atoms with Crippen LogP contribution < -0.4 is 10.1 Å². The minimum Gasteiger partial charge on any atom is -0.496 e. The van der Waals surface area contributed by atoms with Gasteiger partial charge in [0.05, 0.1) is 7.11 Å². The first-order valence-electron chi connectivity index (χ1n) is 7.29. The number of benzene rings is 1. The predicted octanol–water partition coefficient (Wildman–Crippen LogP) is 3.52. The van der Waals surface area contributed by atoms with Gasteiger partial charge in [-0.1, -0.05) is 17.7 Å². The van der Waals surface area contributed by atoms with Crippen LogP contribution in [0.1, 0.15) is 34.1 Å². The Morgan fingerprint density at radius 3 is 2.33 bits per heavy atom. The standard InChI is InChI=1S/C18H24N2O/c1-12-6-7-18(21-5)16(8-12)11-17(19-4)15-9-13(2)20-14(3)10-15/h6-10,17,19H,11H2,1-5H3. The Morgan fingerprint density at radius 1 is 1.10 bits per heavy atom. The van der Waals surface area contributed by atoms with Gasteiger partial charge < -0.3 is 10.1 Å². The molecule has 0 aliphatic rings. The van der Waals surface area contributed by atoms with E-state index in [2.05, 4.69) is 41.5 Å². The van der Waals surface area contributed by atoms with Crippen molar-refractivity contribution in [2.75, 3.05) is 14.2 Å². The summed E-state index contributed by atoms with van der Waals surface area (Å²) in [6.07, 6.45) is 0.893. The number of methoxy groups -OCH3 is 1. The van der Waals surface area contributed by atoms with Crippen LogP contribution in [0.3, 0.4) is 0 Å². The molecule has 1 unspecified atom stereocenters. The van der Waals surface area contributed by atoms with E-state index in [1.807, 2.05) is 27.0 Å². The summed E-state index contributed by atoms with van der Waals surface area (Å²) < 4.78 is 5.49. The Hall–Kier alpha value is -1.87. The van der Waals surface area contributed by atoms with Crippen LogP contribution >= 0.6 is 0 Å². The highest BCUT2D eigenvalue weighted by molar-refractivity contribution is 5.38. The maximum atomic E-state index is 5.49. The summed E-state index contributed by atoms with van der Waals surface area (Å²) in [4.78, 5) is 4.45. The zero-order valence-electron chi connectivity index (χ0n) is 13.5. The van der Waals surface area contributed by atoms with E-state index >= 15 is 0 Å². The third-order valence-electron chi connectivity index (χ3n) is 3.71. The van der Waals surface area contributed by atoms with E-state index in [0.29, 0.717) is 0 Å². The molecular weight excluding hydrogens is 260 g/mol. The van der Waals surface area contributed by atoms with E-state index in [-0.39, 0.29) is 6.04 Å². The topological polar surface area (TPSA) is 34.1 Å². The number of likely N-dealkylation sites (N-methyl/N-ethyl adjacent to an activating group) is 1. The van der Waals surface area contributed by atoms with Crippen molar-refractivity contribution in [2.24, 2.45) is 0 Å². The van der Waals surface area contributed by atoms with Crippen molar-refractivity contribution in [3.05, 3.63) is 58.4 Å². The number of hydrogen-bond donors (Lipinski definition) is 1. The molecule has 0 saturated heterocycles. The largest absolute Gasteiger partial charge is 0.496 e. The predicted molar refractivity (Wildman–Crippen MR) is 86.9 cm³/mol. The Morgan fingerprint density at radius 2 is 1.76 bits per heavy atom. The van der Waals surface area contributed by atoms with Gasteiger partial charge in [0.25, 0.3) is 0 Å². The van der Waals surface area contributed by atoms with Crippen LogP contribution in [0.5, 0.6) is 5.75 Å². The van der Waals surface area contributed by atoms with Crippen molar-refractivity contribution in [3.63, 3.8) is 0 Å². The fourth-order valence-corrected chi connectivity index (χ4v) is 2.74. The number of ether oxygens (including phenoxy) is 1. The van der Waals surface area contributed by atoms with Crippen LogP contribution in [0, 0.1) is 20.8 Å². The molecule has 1 aromatic heterocycles. The van der Waals surface area contributed by atoms with Crippen LogP contribution in [0.15, 0.2) is 30.3 Å². The van der Waals surface area contributed by atoms with Gasteiger partial charge in [-0.15, -0.1) is 0 Å². The number of aromatic nitrogens is 1. The molecular formula is C18H24N2O. The first-order chi connectivity index (χ1) is 10.0. The minimum atomic E-state index is 0.251. The lowest BCUT2D eigenvalue weighted by Gasteiger charge is -2.19. The van der Waals surface area contributed by atoms with Gasteiger partial charge in [-0.25, -0.2) is 0 Å². The molecule has 0 aliphatic carbocycles. The molecule has 21 heavy (non-hydrogen) atoms. The molecule has 0 aliphatic heterocycles. The Labute approximate surface area is 127 Å². The van der Waals surface area contributed by atoms with Crippen molar-refractivity contribution in [2.45, 2.75) is 33.2 Å². The van der Waals surface area contributed by atoms with Gasteiger partial charge in [0.1, 0.15) is 5.75 Å². The van der Waals surface area contributed by atoms with Gasteiger partial charge in [0.2, 0.25) is 0 Å². The van der Waals surface area contributed by atoms with Crippen LogP contribution in [0.4, 0.5) is 0 Å². The molecule has 0 fully saturated rings. The molecule has 0 bridgehead atoms. The van der Waals surface area contributed by atoms with Gasteiger partial charge >= 0.3 is 0 Å².